The summed E-state index contributed by atoms with van der Waals surface area (Å²) in [6.07, 6.45) is -2.21. The number of rotatable bonds is 2. The Kier molecular flexibility index (Phi) is 3.49. The number of carbonyl (C=O) groups excluding carboxylic acids is 1. The Hall–Kier alpha value is -0.620. The second-order valence-corrected chi connectivity index (χ2v) is 3.40. The highest BCUT2D eigenvalue weighted by atomic mass is 79.9. The highest BCUT2D eigenvalue weighted by molar-refractivity contribution is 9.10. The van der Waals surface area contributed by atoms with E-state index in [0.29, 0.717) is 6.20 Å². The number of halogens is 5. The van der Waals surface area contributed by atoms with Crippen LogP contribution in [0.5, 0.6) is 0 Å². The van der Waals surface area contributed by atoms with E-state index in [1.54, 1.807) is 0 Å². The molecule has 1 aromatic heterocycles. The summed E-state index contributed by atoms with van der Waals surface area (Å²) in [6, 6.07) is 0. The third-order valence-corrected chi connectivity index (χ3v) is 2.47. The Labute approximate surface area is 90.2 Å². The second kappa shape index (κ2) is 4.27. The fourth-order valence-electron chi connectivity index (χ4n) is 0.802. The average molecular weight is 288 g/mol. The van der Waals surface area contributed by atoms with Crippen LogP contribution in [0.15, 0.2) is 10.7 Å². The molecule has 0 bridgehead atoms. The van der Waals surface area contributed by atoms with E-state index in [4.69, 9.17) is 11.6 Å². The van der Waals surface area contributed by atoms with Crippen molar-refractivity contribution in [2.45, 2.75) is 6.43 Å². The first-order valence-electron chi connectivity index (χ1n) is 3.27. The molecular formula is C7H2BrClF3NO. The number of hydrogen-bond donors (Lipinski definition) is 0. The molecule has 0 saturated heterocycles. The lowest BCUT2D eigenvalue weighted by molar-refractivity contribution is 0.107. The third kappa shape index (κ3) is 2.06. The maximum absolute atomic E-state index is 12.9. The smallest absolute Gasteiger partial charge is 0.266 e. The molecule has 0 aliphatic heterocycles. The highest BCUT2D eigenvalue weighted by Crippen LogP contribution is 2.31. The molecule has 2 nitrogen and oxygen atoms in total. The lowest BCUT2D eigenvalue weighted by Crippen LogP contribution is -2.03. The zero-order valence-electron chi connectivity index (χ0n) is 6.40. The Morgan fingerprint density at radius 3 is 2.57 bits per heavy atom. The summed E-state index contributed by atoms with van der Waals surface area (Å²) < 4.78 is 37.0. The van der Waals surface area contributed by atoms with Crippen molar-refractivity contribution in [2.24, 2.45) is 0 Å². The number of hydrogen-bond acceptors (Lipinski definition) is 2. The van der Waals surface area contributed by atoms with Gasteiger partial charge in [0.25, 0.3) is 11.7 Å². The Morgan fingerprint density at radius 2 is 2.14 bits per heavy atom. The minimum atomic E-state index is -2.85. The number of alkyl halides is 2. The summed E-state index contributed by atoms with van der Waals surface area (Å²) in [7, 11) is 0. The molecule has 0 aliphatic carbocycles. The van der Waals surface area contributed by atoms with Gasteiger partial charge in [0.2, 0.25) is 5.95 Å². The molecule has 0 aromatic carbocycles. The second-order valence-electron chi connectivity index (χ2n) is 2.27. The lowest BCUT2D eigenvalue weighted by atomic mass is 10.2. The molecule has 76 valence electrons. The van der Waals surface area contributed by atoms with Crippen molar-refractivity contribution in [3.63, 3.8) is 0 Å². The van der Waals surface area contributed by atoms with Crippen molar-refractivity contribution in [3.05, 3.63) is 27.7 Å². The molecule has 1 rings (SSSR count). The van der Waals surface area contributed by atoms with Gasteiger partial charge in [-0.1, -0.05) is 0 Å². The molecule has 14 heavy (non-hydrogen) atoms. The SMILES string of the molecule is O=C(Cl)c1c(F)ncc(C(F)F)c1Br. The molecule has 0 radical (unpaired) electrons. The van der Waals surface area contributed by atoms with Gasteiger partial charge in [0.05, 0.1) is 5.56 Å². The predicted molar refractivity (Wildman–Crippen MR) is 47.0 cm³/mol. The summed E-state index contributed by atoms with van der Waals surface area (Å²) in [5.41, 5.74) is -1.25. The summed E-state index contributed by atoms with van der Waals surface area (Å²) in [4.78, 5) is 13.7. The first-order chi connectivity index (χ1) is 6.45. The molecule has 0 amide bonds. The molecule has 0 saturated carbocycles. The number of aromatic nitrogens is 1. The Morgan fingerprint density at radius 1 is 1.57 bits per heavy atom. The highest BCUT2D eigenvalue weighted by Gasteiger charge is 2.22. The van der Waals surface area contributed by atoms with Crippen molar-refractivity contribution in [1.29, 1.82) is 0 Å². The number of nitrogens with zero attached hydrogens (tertiary/aromatic N) is 1. The van der Waals surface area contributed by atoms with Crippen LogP contribution in [0.25, 0.3) is 0 Å². The number of pyridine rings is 1. The van der Waals surface area contributed by atoms with E-state index in [2.05, 4.69) is 20.9 Å². The van der Waals surface area contributed by atoms with Crippen molar-refractivity contribution >= 4 is 32.8 Å². The molecule has 0 unspecified atom stereocenters. The number of carbonyl (C=O) groups is 1. The molecule has 0 atom stereocenters. The normalized spacial score (nSPS) is 10.7. The van der Waals surface area contributed by atoms with E-state index >= 15 is 0 Å². The van der Waals surface area contributed by atoms with Gasteiger partial charge in [0.1, 0.15) is 5.56 Å². The topological polar surface area (TPSA) is 30.0 Å². The van der Waals surface area contributed by atoms with Crippen molar-refractivity contribution in [3.8, 4) is 0 Å². The molecule has 1 aromatic rings. The van der Waals surface area contributed by atoms with E-state index < -0.39 is 28.7 Å². The predicted octanol–water partition coefficient (Wildman–Crippen LogP) is 3.30. The summed E-state index contributed by atoms with van der Waals surface area (Å²) >= 11 is 7.66. The molecule has 0 aliphatic rings. The van der Waals surface area contributed by atoms with Gasteiger partial charge in [-0.15, -0.1) is 0 Å². The summed E-state index contributed by atoms with van der Waals surface area (Å²) in [6.45, 7) is 0. The largest absolute Gasteiger partial charge is 0.275 e. The molecule has 0 spiro atoms. The third-order valence-electron chi connectivity index (χ3n) is 1.43. The minimum Gasteiger partial charge on any atom is -0.275 e. The molecular weight excluding hydrogens is 286 g/mol. The van der Waals surface area contributed by atoms with E-state index in [-0.39, 0.29) is 4.47 Å². The summed E-state index contributed by atoms with van der Waals surface area (Å²) in [5, 5.41) is -1.18. The van der Waals surface area contributed by atoms with E-state index in [1.165, 1.54) is 0 Å². The maximum atomic E-state index is 12.9. The van der Waals surface area contributed by atoms with Crippen LogP contribution in [0.4, 0.5) is 13.2 Å². The molecule has 1 heterocycles. The monoisotopic (exact) mass is 287 g/mol. The van der Waals surface area contributed by atoms with Gasteiger partial charge in [0, 0.05) is 10.7 Å². The van der Waals surface area contributed by atoms with Crippen LogP contribution >= 0.6 is 27.5 Å². The fourth-order valence-corrected chi connectivity index (χ4v) is 1.71. The van der Waals surface area contributed by atoms with Crippen LogP contribution in [-0.2, 0) is 0 Å². The van der Waals surface area contributed by atoms with Crippen LogP contribution < -0.4 is 0 Å². The van der Waals surface area contributed by atoms with E-state index in [0.717, 1.165) is 0 Å². The zero-order chi connectivity index (χ0) is 10.9. The van der Waals surface area contributed by atoms with E-state index in [9.17, 15) is 18.0 Å². The lowest BCUT2D eigenvalue weighted by Gasteiger charge is -2.05. The van der Waals surface area contributed by atoms with Gasteiger partial charge < -0.3 is 0 Å². The quantitative estimate of drug-likeness (QED) is 0.617. The van der Waals surface area contributed by atoms with E-state index in [1.807, 2.05) is 0 Å². The maximum Gasteiger partial charge on any atom is 0.266 e. The van der Waals surface area contributed by atoms with Crippen LogP contribution in [0.3, 0.4) is 0 Å². The first kappa shape index (κ1) is 11.5. The molecule has 0 N–H and O–H groups in total. The molecule has 7 heteroatoms. The van der Waals surface area contributed by atoms with Crippen molar-refractivity contribution in [1.82, 2.24) is 4.98 Å². The molecule has 0 fully saturated rings. The van der Waals surface area contributed by atoms with Crippen molar-refractivity contribution < 1.29 is 18.0 Å². The Bertz CT molecular complexity index is 385. The minimum absolute atomic E-state index is 0.361. The first-order valence-corrected chi connectivity index (χ1v) is 4.44. The Balaban J connectivity index is 3.41. The van der Waals surface area contributed by atoms with Gasteiger partial charge in [-0.3, -0.25) is 4.79 Å². The van der Waals surface area contributed by atoms with Crippen LogP contribution in [0.1, 0.15) is 22.3 Å². The zero-order valence-corrected chi connectivity index (χ0v) is 8.74. The van der Waals surface area contributed by atoms with Crippen LogP contribution in [-0.4, -0.2) is 10.2 Å². The van der Waals surface area contributed by atoms with Gasteiger partial charge in [-0.05, 0) is 27.5 Å². The average Bonchev–Trinajstić information content (AvgIpc) is 2.02. The van der Waals surface area contributed by atoms with Gasteiger partial charge in [-0.25, -0.2) is 13.8 Å². The van der Waals surface area contributed by atoms with Crippen LogP contribution in [0, 0.1) is 5.95 Å². The van der Waals surface area contributed by atoms with Gasteiger partial charge in [0.15, 0.2) is 0 Å². The van der Waals surface area contributed by atoms with Crippen LogP contribution in [0.2, 0.25) is 0 Å². The van der Waals surface area contributed by atoms with Crippen molar-refractivity contribution in [2.75, 3.05) is 0 Å². The summed E-state index contributed by atoms with van der Waals surface area (Å²) in [5.74, 6) is -1.18. The standard InChI is InChI=1S/C7H2BrClF3NO/c8-4-2(6(10)11)1-13-7(12)3(4)5(9)14/h1,6H. The fraction of sp³-hybridized carbons (Fsp3) is 0.143. The van der Waals surface area contributed by atoms with Gasteiger partial charge in [-0.2, -0.15) is 4.39 Å². The van der Waals surface area contributed by atoms with Gasteiger partial charge >= 0.3 is 0 Å².